The van der Waals surface area contributed by atoms with Crippen molar-refractivity contribution in [2.24, 2.45) is 11.8 Å². The van der Waals surface area contributed by atoms with E-state index < -0.39 is 0 Å². The van der Waals surface area contributed by atoms with E-state index in [0.29, 0.717) is 0 Å². The van der Waals surface area contributed by atoms with E-state index in [1.54, 1.807) is 11.3 Å². The zero-order chi connectivity index (χ0) is 10.5. The van der Waals surface area contributed by atoms with E-state index in [2.05, 4.69) is 17.3 Å². The fraction of sp³-hybridized carbons (Fsp3) is 0.750. The van der Waals surface area contributed by atoms with Crippen LogP contribution in [0.3, 0.4) is 0 Å². The summed E-state index contributed by atoms with van der Waals surface area (Å²) in [5, 5.41) is 3.34. The minimum Gasteiger partial charge on any atom is -0.319 e. The first-order valence-corrected chi connectivity index (χ1v) is 6.80. The first-order chi connectivity index (χ1) is 7.40. The number of nitrogens with zero attached hydrogens (tertiary/aromatic N) is 1. The minimum absolute atomic E-state index is 0.818. The van der Waals surface area contributed by atoms with Gasteiger partial charge in [0.1, 0.15) is 0 Å². The highest BCUT2D eigenvalue weighted by Crippen LogP contribution is 2.33. The largest absolute Gasteiger partial charge is 0.319 e. The third kappa shape index (κ3) is 3.02. The van der Waals surface area contributed by atoms with Crippen molar-refractivity contribution in [2.45, 2.75) is 32.1 Å². The molecule has 0 bridgehead atoms. The van der Waals surface area contributed by atoms with Gasteiger partial charge in [0.2, 0.25) is 0 Å². The van der Waals surface area contributed by atoms with Crippen LogP contribution in [0.4, 0.5) is 0 Å². The Kier molecular flexibility index (Phi) is 4.15. The van der Waals surface area contributed by atoms with E-state index in [1.165, 1.54) is 37.0 Å². The Morgan fingerprint density at radius 1 is 1.53 bits per heavy atom. The van der Waals surface area contributed by atoms with E-state index in [9.17, 15) is 0 Å². The SMILES string of the molecule is CNCC(Cc1cncs1)C1CCCC1. The Bertz CT molecular complexity index is 265. The average molecular weight is 224 g/mol. The predicted molar refractivity (Wildman–Crippen MR) is 65.2 cm³/mol. The number of aromatic nitrogens is 1. The summed E-state index contributed by atoms with van der Waals surface area (Å²) >= 11 is 1.80. The highest BCUT2D eigenvalue weighted by atomic mass is 32.1. The zero-order valence-corrected chi connectivity index (χ0v) is 10.2. The van der Waals surface area contributed by atoms with Crippen molar-refractivity contribution in [3.8, 4) is 0 Å². The molecule has 0 amide bonds. The van der Waals surface area contributed by atoms with Crippen molar-refractivity contribution in [2.75, 3.05) is 13.6 Å². The molecule has 2 nitrogen and oxygen atoms in total. The lowest BCUT2D eigenvalue weighted by molar-refractivity contribution is 0.330. The summed E-state index contributed by atoms with van der Waals surface area (Å²) in [6.45, 7) is 1.16. The van der Waals surface area contributed by atoms with Crippen molar-refractivity contribution in [1.82, 2.24) is 10.3 Å². The highest BCUT2D eigenvalue weighted by Gasteiger charge is 2.24. The lowest BCUT2D eigenvalue weighted by Crippen LogP contribution is -2.26. The van der Waals surface area contributed by atoms with Gasteiger partial charge in [0.05, 0.1) is 5.51 Å². The van der Waals surface area contributed by atoms with Crippen LogP contribution in [0.25, 0.3) is 0 Å². The molecule has 1 aromatic heterocycles. The number of thiazole rings is 1. The normalized spacial score (nSPS) is 19.5. The van der Waals surface area contributed by atoms with Crippen LogP contribution in [0, 0.1) is 11.8 Å². The molecule has 84 valence electrons. The fourth-order valence-electron chi connectivity index (χ4n) is 2.70. The van der Waals surface area contributed by atoms with Crippen LogP contribution < -0.4 is 5.32 Å². The second-order valence-electron chi connectivity index (χ2n) is 4.53. The molecular weight excluding hydrogens is 204 g/mol. The van der Waals surface area contributed by atoms with E-state index in [1.807, 2.05) is 11.7 Å². The summed E-state index contributed by atoms with van der Waals surface area (Å²) in [4.78, 5) is 5.61. The summed E-state index contributed by atoms with van der Waals surface area (Å²) < 4.78 is 0. The van der Waals surface area contributed by atoms with Gasteiger partial charge in [-0.1, -0.05) is 25.7 Å². The lowest BCUT2D eigenvalue weighted by atomic mass is 9.88. The molecule has 0 saturated heterocycles. The van der Waals surface area contributed by atoms with E-state index in [0.717, 1.165) is 18.4 Å². The van der Waals surface area contributed by atoms with Gasteiger partial charge in [0, 0.05) is 11.1 Å². The van der Waals surface area contributed by atoms with Crippen LogP contribution in [-0.2, 0) is 6.42 Å². The van der Waals surface area contributed by atoms with E-state index in [-0.39, 0.29) is 0 Å². The number of hydrogen-bond acceptors (Lipinski definition) is 3. The molecule has 3 heteroatoms. The van der Waals surface area contributed by atoms with Gasteiger partial charge in [-0.25, -0.2) is 0 Å². The molecule has 1 N–H and O–H groups in total. The Morgan fingerprint density at radius 2 is 2.33 bits per heavy atom. The Balaban J connectivity index is 1.93. The maximum Gasteiger partial charge on any atom is 0.0794 e. The number of rotatable bonds is 5. The van der Waals surface area contributed by atoms with E-state index in [4.69, 9.17) is 0 Å². The second kappa shape index (κ2) is 5.61. The summed E-state index contributed by atoms with van der Waals surface area (Å²) in [6.07, 6.45) is 9.00. The van der Waals surface area contributed by atoms with Gasteiger partial charge in [-0.15, -0.1) is 11.3 Å². The molecule has 0 aromatic carbocycles. The molecule has 1 atom stereocenters. The highest BCUT2D eigenvalue weighted by molar-refractivity contribution is 7.09. The third-order valence-electron chi connectivity index (χ3n) is 3.48. The van der Waals surface area contributed by atoms with Gasteiger partial charge in [-0.3, -0.25) is 4.98 Å². The summed E-state index contributed by atoms with van der Waals surface area (Å²) in [5.41, 5.74) is 1.94. The van der Waals surface area contributed by atoms with Crippen LogP contribution in [0.5, 0.6) is 0 Å². The number of nitrogens with one attached hydrogen (secondary N) is 1. The van der Waals surface area contributed by atoms with Gasteiger partial charge >= 0.3 is 0 Å². The second-order valence-corrected chi connectivity index (χ2v) is 5.51. The number of hydrogen-bond donors (Lipinski definition) is 1. The Morgan fingerprint density at radius 3 is 2.93 bits per heavy atom. The standard InChI is InChI=1S/C12H20N2S/c1-13-7-11(10-4-2-3-5-10)6-12-8-14-9-15-12/h8-11,13H,2-7H2,1H3. The monoisotopic (exact) mass is 224 g/mol. The molecule has 1 unspecified atom stereocenters. The first kappa shape index (κ1) is 11.1. The Hall–Kier alpha value is -0.410. The summed E-state index contributed by atoms with van der Waals surface area (Å²) in [5.74, 6) is 1.76. The predicted octanol–water partition coefficient (Wildman–Crippen LogP) is 2.71. The average Bonchev–Trinajstić information content (AvgIpc) is 2.89. The Labute approximate surface area is 96.1 Å². The van der Waals surface area contributed by atoms with Crippen LogP contribution in [0.2, 0.25) is 0 Å². The molecule has 15 heavy (non-hydrogen) atoms. The molecule has 1 heterocycles. The summed E-state index contributed by atoms with van der Waals surface area (Å²) in [6, 6.07) is 0. The summed E-state index contributed by atoms with van der Waals surface area (Å²) in [7, 11) is 2.06. The zero-order valence-electron chi connectivity index (χ0n) is 9.41. The van der Waals surface area contributed by atoms with Crippen LogP contribution in [-0.4, -0.2) is 18.6 Å². The van der Waals surface area contributed by atoms with Gasteiger partial charge in [0.25, 0.3) is 0 Å². The molecule has 1 aromatic rings. The van der Waals surface area contributed by atoms with Crippen LogP contribution >= 0.6 is 11.3 Å². The van der Waals surface area contributed by atoms with Crippen LogP contribution in [0.1, 0.15) is 30.6 Å². The smallest absolute Gasteiger partial charge is 0.0794 e. The maximum atomic E-state index is 4.16. The van der Waals surface area contributed by atoms with Gasteiger partial charge in [-0.2, -0.15) is 0 Å². The van der Waals surface area contributed by atoms with E-state index >= 15 is 0 Å². The molecule has 1 aliphatic carbocycles. The molecule has 1 fully saturated rings. The van der Waals surface area contributed by atoms with Crippen molar-refractivity contribution in [3.63, 3.8) is 0 Å². The van der Waals surface area contributed by atoms with Crippen molar-refractivity contribution in [3.05, 3.63) is 16.6 Å². The maximum absolute atomic E-state index is 4.16. The molecule has 2 rings (SSSR count). The van der Waals surface area contributed by atoms with Gasteiger partial charge in [-0.05, 0) is 31.8 Å². The quantitative estimate of drug-likeness (QED) is 0.832. The van der Waals surface area contributed by atoms with Gasteiger partial charge in [0.15, 0.2) is 0 Å². The molecule has 1 saturated carbocycles. The van der Waals surface area contributed by atoms with Gasteiger partial charge < -0.3 is 5.32 Å². The van der Waals surface area contributed by atoms with Crippen molar-refractivity contribution < 1.29 is 0 Å². The van der Waals surface area contributed by atoms with Crippen molar-refractivity contribution >= 4 is 11.3 Å². The molecule has 0 radical (unpaired) electrons. The molecular formula is C12H20N2S. The molecule has 0 aliphatic heterocycles. The van der Waals surface area contributed by atoms with Crippen molar-refractivity contribution in [1.29, 1.82) is 0 Å². The molecule has 1 aliphatic rings. The topological polar surface area (TPSA) is 24.9 Å². The minimum atomic E-state index is 0.818. The lowest BCUT2D eigenvalue weighted by Gasteiger charge is -2.22. The third-order valence-corrected chi connectivity index (χ3v) is 4.28. The van der Waals surface area contributed by atoms with Crippen LogP contribution in [0.15, 0.2) is 11.7 Å². The fourth-order valence-corrected chi connectivity index (χ4v) is 3.39. The first-order valence-electron chi connectivity index (χ1n) is 5.92. The molecule has 0 spiro atoms.